The molecule has 2 rings (SSSR count). The van der Waals surface area contributed by atoms with Crippen molar-refractivity contribution in [3.63, 3.8) is 0 Å². The van der Waals surface area contributed by atoms with E-state index in [1.807, 2.05) is 0 Å². The summed E-state index contributed by atoms with van der Waals surface area (Å²) in [5.74, 6) is -1.82. The Morgan fingerprint density at radius 2 is 2.12 bits per heavy atom. The summed E-state index contributed by atoms with van der Waals surface area (Å²) in [5, 5.41) is 9.34. The summed E-state index contributed by atoms with van der Waals surface area (Å²) >= 11 is 0. The van der Waals surface area contributed by atoms with Gasteiger partial charge in [-0.1, -0.05) is 12.1 Å². The standard InChI is InChI=1S/C11H11F3O3/c1-2-16-7-5-3-4-6-8(11(12,13)14)10(15)17-9(6)7/h3-5,8,10,15H,2H2,1H3/t8-,10-/m1/s1. The highest BCUT2D eigenvalue weighted by Gasteiger charge is 2.52. The van der Waals surface area contributed by atoms with Crippen molar-refractivity contribution >= 4 is 0 Å². The Morgan fingerprint density at radius 3 is 2.71 bits per heavy atom. The molecule has 3 nitrogen and oxygen atoms in total. The Labute approximate surface area is 95.8 Å². The van der Waals surface area contributed by atoms with Gasteiger partial charge in [0.25, 0.3) is 0 Å². The van der Waals surface area contributed by atoms with Gasteiger partial charge in [-0.05, 0) is 13.0 Å². The van der Waals surface area contributed by atoms with Gasteiger partial charge in [0.1, 0.15) is 5.92 Å². The number of para-hydroxylation sites is 1. The van der Waals surface area contributed by atoms with Gasteiger partial charge in [0, 0.05) is 5.56 Å². The molecule has 0 unspecified atom stereocenters. The lowest BCUT2D eigenvalue weighted by Crippen LogP contribution is -2.30. The molecule has 0 fully saturated rings. The summed E-state index contributed by atoms with van der Waals surface area (Å²) in [4.78, 5) is 0. The largest absolute Gasteiger partial charge is 0.490 e. The highest BCUT2D eigenvalue weighted by Crippen LogP contribution is 2.50. The third-order valence-corrected chi connectivity index (χ3v) is 2.52. The van der Waals surface area contributed by atoms with Crippen LogP contribution in [0.5, 0.6) is 11.5 Å². The minimum Gasteiger partial charge on any atom is -0.490 e. The van der Waals surface area contributed by atoms with E-state index in [2.05, 4.69) is 0 Å². The fourth-order valence-corrected chi connectivity index (χ4v) is 1.85. The van der Waals surface area contributed by atoms with Crippen molar-refractivity contribution in [3.05, 3.63) is 23.8 Å². The fourth-order valence-electron chi connectivity index (χ4n) is 1.85. The second kappa shape index (κ2) is 4.10. The first kappa shape index (κ1) is 12.0. The van der Waals surface area contributed by atoms with Crippen LogP contribution in [-0.2, 0) is 0 Å². The number of hydrogen-bond acceptors (Lipinski definition) is 3. The molecule has 0 saturated heterocycles. The van der Waals surface area contributed by atoms with E-state index in [0.717, 1.165) is 0 Å². The lowest BCUT2D eigenvalue weighted by atomic mass is 9.99. The summed E-state index contributed by atoms with van der Waals surface area (Å²) in [6.07, 6.45) is -6.46. The first-order valence-corrected chi connectivity index (χ1v) is 5.12. The van der Waals surface area contributed by atoms with Crippen LogP contribution in [-0.4, -0.2) is 24.2 Å². The lowest BCUT2D eigenvalue weighted by Gasteiger charge is -2.16. The summed E-state index contributed by atoms with van der Waals surface area (Å²) in [7, 11) is 0. The molecule has 0 saturated carbocycles. The van der Waals surface area contributed by atoms with Crippen molar-refractivity contribution in [2.24, 2.45) is 0 Å². The molecule has 1 aliphatic rings. The van der Waals surface area contributed by atoms with Crippen molar-refractivity contribution < 1.29 is 27.8 Å². The van der Waals surface area contributed by atoms with Crippen LogP contribution < -0.4 is 9.47 Å². The number of fused-ring (bicyclic) bond motifs is 1. The van der Waals surface area contributed by atoms with Gasteiger partial charge < -0.3 is 14.6 Å². The van der Waals surface area contributed by atoms with E-state index in [-0.39, 0.29) is 17.1 Å². The van der Waals surface area contributed by atoms with E-state index in [0.29, 0.717) is 6.61 Å². The first-order valence-electron chi connectivity index (χ1n) is 5.12. The third kappa shape index (κ3) is 2.04. The molecule has 0 amide bonds. The Morgan fingerprint density at radius 1 is 1.41 bits per heavy atom. The normalized spacial score (nSPS) is 23.1. The van der Waals surface area contributed by atoms with E-state index < -0.39 is 18.4 Å². The number of alkyl halides is 3. The predicted molar refractivity (Wildman–Crippen MR) is 53.0 cm³/mol. The Balaban J connectivity index is 2.44. The zero-order valence-corrected chi connectivity index (χ0v) is 8.99. The number of rotatable bonds is 2. The maximum atomic E-state index is 12.7. The molecule has 1 aliphatic heterocycles. The van der Waals surface area contributed by atoms with Crippen LogP contribution in [0.3, 0.4) is 0 Å². The average molecular weight is 248 g/mol. The van der Waals surface area contributed by atoms with Crippen LogP contribution in [0.15, 0.2) is 18.2 Å². The van der Waals surface area contributed by atoms with Gasteiger partial charge in [0.05, 0.1) is 6.61 Å². The third-order valence-electron chi connectivity index (χ3n) is 2.52. The smallest absolute Gasteiger partial charge is 0.401 e. The van der Waals surface area contributed by atoms with Gasteiger partial charge >= 0.3 is 6.18 Å². The second-order valence-electron chi connectivity index (χ2n) is 3.64. The van der Waals surface area contributed by atoms with Crippen LogP contribution in [0.25, 0.3) is 0 Å². The van der Waals surface area contributed by atoms with E-state index in [1.54, 1.807) is 6.92 Å². The summed E-state index contributed by atoms with van der Waals surface area (Å²) in [5.41, 5.74) is -0.0871. The van der Waals surface area contributed by atoms with E-state index in [4.69, 9.17) is 9.47 Å². The van der Waals surface area contributed by atoms with Gasteiger partial charge in [-0.3, -0.25) is 0 Å². The highest BCUT2D eigenvalue weighted by atomic mass is 19.4. The number of benzene rings is 1. The predicted octanol–water partition coefficient (Wildman–Crippen LogP) is 2.44. The maximum Gasteiger partial charge on any atom is 0.401 e. The minimum absolute atomic E-state index is 0.0239. The molecule has 94 valence electrons. The SMILES string of the molecule is CCOc1cccc2c1O[C@@H](O)[C@@H]2C(F)(F)F. The van der Waals surface area contributed by atoms with Crippen LogP contribution in [0.4, 0.5) is 13.2 Å². The van der Waals surface area contributed by atoms with Crippen molar-refractivity contribution in [2.75, 3.05) is 6.61 Å². The molecule has 1 aromatic carbocycles. The Bertz CT molecular complexity index is 417. The molecule has 6 heteroatoms. The van der Waals surface area contributed by atoms with Crippen molar-refractivity contribution in [2.45, 2.75) is 25.3 Å². The van der Waals surface area contributed by atoms with Gasteiger partial charge in [-0.25, -0.2) is 0 Å². The molecule has 0 spiro atoms. The maximum absolute atomic E-state index is 12.7. The highest BCUT2D eigenvalue weighted by molar-refractivity contribution is 5.51. The van der Waals surface area contributed by atoms with E-state index in [9.17, 15) is 18.3 Å². The molecule has 0 bridgehead atoms. The molecule has 1 N–H and O–H groups in total. The van der Waals surface area contributed by atoms with Gasteiger partial charge in [0.15, 0.2) is 11.5 Å². The van der Waals surface area contributed by atoms with Gasteiger partial charge in [0.2, 0.25) is 6.29 Å². The number of aliphatic hydroxyl groups is 1. The van der Waals surface area contributed by atoms with Crippen molar-refractivity contribution in [1.29, 1.82) is 0 Å². The van der Waals surface area contributed by atoms with Crippen LogP contribution in [0, 0.1) is 0 Å². The topological polar surface area (TPSA) is 38.7 Å². The Hall–Kier alpha value is -1.43. The summed E-state index contributed by atoms with van der Waals surface area (Å²) in [6.45, 7) is 2.03. The molecule has 1 aromatic rings. The summed E-state index contributed by atoms with van der Waals surface area (Å²) < 4.78 is 48.2. The first-order chi connectivity index (χ1) is 7.95. The number of ether oxygens (including phenoxy) is 2. The lowest BCUT2D eigenvalue weighted by molar-refractivity contribution is -0.192. The molecule has 2 atom stereocenters. The van der Waals surface area contributed by atoms with E-state index >= 15 is 0 Å². The minimum atomic E-state index is -4.55. The van der Waals surface area contributed by atoms with Crippen LogP contribution in [0.2, 0.25) is 0 Å². The Kier molecular flexibility index (Phi) is 2.91. The second-order valence-corrected chi connectivity index (χ2v) is 3.64. The molecule has 17 heavy (non-hydrogen) atoms. The molecule has 0 aliphatic carbocycles. The molecule has 0 radical (unpaired) electrons. The van der Waals surface area contributed by atoms with Crippen LogP contribution >= 0.6 is 0 Å². The molecule has 0 aromatic heterocycles. The number of halogens is 3. The molecular formula is C11H11F3O3. The molecular weight excluding hydrogens is 237 g/mol. The van der Waals surface area contributed by atoms with Gasteiger partial charge in [-0.2, -0.15) is 13.2 Å². The fraction of sp³-hybridized carbons (Fsp3) is 0.455. The van der Waals surface area contributed by atoms with Gasteiger partial charge in [-0.15, -0.1) is 0 Å². The zero-order valence-electron chi connectivity index (χ0n) is 8.99. The average Bonchev–Trinajstić information content (AvgIpc) is 2.55. The molecule has 1 heterocycles. The van der Waals surface area contributed by atoms with Crippen molar-refractivity contribution in [1.82, 2.24) is 0 Å². The zero-order chi connectivity index (χ0) is 12.6. The number of aliphatic hydroxyl groups excluding tert-OH is 1. The van der Waals surface area contributed by atoms with Crippen molar-refractivity contribution in [3.8, 4) is 11.5 Å². The summed E-state index contributed by atoms with van der Waals surface area (Å²) in [6, 6.07) is 4.24. The van der Waals surface area contributed by atoms with E-state index in [1.165, 1.54) is 18.2 Å². The number of hydrogen-bond donors (Lipinski definition) is 1. The monoisotopic (exact) mass is 248 g/mol. The van der Waals surface area contributed by atoms with Crippen LogP contribution in [0.1, 0.15) is 18.4 Å². The quantitative estimate of drug-likeness (QED) is 0.873.